The molecule has 0 saturated heterocycles. The van der Waals surface area contributed by atoms with Crippen molar-refractivity contribution in [2.45, 2.75) is 32.0 Å². The first kappa shape index (κ1) is 6.23. The van der Waals surface area contributed by atoms with Crippen molar-refractivity contribution in [3.63, 3.8) is 0 Å². The van der Waals surface area contributed by atoms with Crippen LogP contribution >= 0.6 is 0 Å². The third-order valence-electron chi connectivity index (χ3n) is 0.964. The van der Waals surface area contributed by atoms with Gasteiger partial charge < -0.3 is 5.11 Å². The molecule has 10 heavy (non-hydrogen) atoms. The molecule has 1 atom stereocenters. The molecule has 0 rings (SSSR count). The standard InChI is InChI=1S/C6H14O2Si.Na.H/c1-5(6(7)8)9(2,3)4;;/h5H,1-4H3,(H,7,8);;/i1D3,5D;;. The molecule has 56 valence electrons. The second-order valence-corrected chi connectivity index (χ2v) is 7.93. The van der Waals surface area contributed by atoms with E-state index in [9.17, 15) is 4.79 Å². The van der Waals surface area contributed by atoms with Gasteiger partial charge in [-0.05, 0) is 0 Å². The predicted octanol–water partition coefficient (Wildman–Crippen LogP) is 1.15. The maximum absolute atomic E-state index is 10.8. The summed E-state index contributed by atoms with van der Waals surface area (Å²) in [6, 6.07) is 0. The Bertz CT molecular complexity index is 209. The Kier molecular flexibility index (Phi) is 2.83. The third kappa shape index (κ3) is 4.49. The van der Waals surface area contributed by atoms with Gasteiger partial charge in [0.15, 0.2) is 0 Å². The summed E-state index contributed by atoms with van der Waals surface area (Å²) in [5, 5.41) is 8.79. The van der Waals surface area contributed by atoms with E-state index < -0.39 is 26.4 Å². The molecule has 0 amide bonds. The molecule has 0 heterocycles. The molecule has 4 heteroatoms. The van der Waals surface area contributed by atoms with Crippen molar-refractivity contribution in [3.8, 4) is 0 Å². The number of hydrogen-bond acceptors (Lipinski definition) is 1. The van der Waals surface area contributed by atoms with Crippen molar-refractivity contribution >= 4 is 43.6 Å². The molecule has 0 aliphatic rings. The molecule has 0 radical (unpaired) electrons. The van der Waals surface area contributed by atoms with Crippen molar-refractivity contribution in [2.75, 3.05) is 0 Å². The van der Waals surface area contributed by atoms with Gasteiger partial charge in [-0.25, -0.2) is 0 Å². The number of aliphatic carboxylic acids is 1. The van der Waals surface area contributed by atoms with Gasteiger partial charge in [0.2, 0.25) is 0 Å². The van der Waals surface area contributed by atoms with Gasteiger partial charge in [-0.1, -0.05) is 26.5 Å². The molecule has 0 fully saturated rings. The van der Waals surface area contributed by atoms with Crippen LogP contribution in [0.3, 0.4) is 0 Å². The zero-order chi connectivity index (χ0) is 11.1. The Hall–Kier alpha value is 0.687. The molecular weight excluding hydrogens is 155 g/mol. The zero-order valence-corrected chi connectivity index (χ0v) is 6.86. The van der Waals surface area contributed by atoms with Gasteiger partial charge in [0, 0.05) is 11.0 Å². The second-order valence-electron chi connectivity index (χ2n) is 2.93. The van der Waals surface area contributed by atoms with Crippen LogP contribution in [0.25, 0.3) is 0 Å². The van der Waals surface area contributed by atoms with Crippen molar-refractivity contribution < 1.29 is 15.4 Å². The summed E-state index contributed by atoms with van der Waals surface area (Å²) >= 11 is 0. The van der Waals surface area contributed by atoms with Crippen LogP contribution in [0.15, 0.2) is 0 Å². The first-order valence-corrected chi connectivity index (χ1v) is 6.18. The van der Waals surface area contributed by atoms with Crippen LogP contribution in [0.5, 0.6) is 0 Å². The quantitative estimate of drug-likeness (QED) is 0.638. The minimum atomic E-state index is -2.76. The number of carboxylic acids is 1. The van der Waals surface area contributed by atoms with E-state index in [0.717, 1.165) is 0 Å². The number of rotatable bonds is 2. The van der Waals surface area contributed by atoms with Crippen LogP contribution in [0.1, 0.15) is 12.3 Å². The third-order valence-corrected chi connectivity index (χ3v) is 2.68. The fourth-order valence-corrected chi connectivity index (χ4v) is 0.962. The Labute approximate surface area is 90.9 Å². The molecule has 0 aromatic carbocycles. The predicted molar refractivity (Wildman–Crippen MR) is 47.6 cm³/mol. The Morgan fingerprint density at radius 3 is 2.10 bits per heavy atom. The Balaban J connectivity index is 0. The molecular formula is C6H15NaO2Si. The van der Waals surface area contributed by atoms with Gasteiger partial charge in [-0.15, -0.1) is 0 Å². The molecule has 0 spiro atoms. The van der Waals surface area contributed by atoms with E-state index in [1.54, 1.807) is 19.6 Å². The number of hydrogen-bond donors (Lipinski definition) is 1. The summed E-state index contributed by atoms with van der Waals surface area (Å²) in [5.74, 6) is -1.55. The van der Waals surface area contributed by atoms with Crippen molar-refractivity contribution in [2.24, 2.45) is 0 Å². The number of carboxylic acid groups (broad SMARTS) is 1. The van der Waals surface area contributed by atoms with Gasteiger partial charge in [0.25, 0.3) is 0 Å². The van der Waals surface area contributed by atoms with Gasteiger partial charge in [-0.3, -0.25) is 4.79 Å². The van der Waals surface area contributed by atoms with E-state index in [-0.39, 0.29) is 29.6 Å². The van der Waals surface area contributed by atoms with Crippen LogP contribution in [0.4, 0.5) is 0 Å². The van der Waals surface area contributed by atoms with Gasteiger partial charge in [-0.2, -0.15) is 0 Å². The van der Waals surface area contributed by atoms with Crippen LogP contribution in [0.2, 0.25) is 25.2 Å². The fourth-order valence-electron chi connectivity index (χ4n) is 0.321. The van der Waals surface area contributed by atoms with E-state index in [2.05, 4.69) is 0 Å². The molecule has 0 saturated carbocycles. The summed E-state index contributed by atoms with van der Waals surface area (Å²) in [6.07, 6.45) is 0. The molecule has 0 bridgehead atoms. The van der Waals surface area contributed by atoms with Crippen LogP contribution < -0.4 is 0 Å². The van der Waals surface area contributed by atoms with Gasteiger partial charge in [0.05, 0.1) is 8.07 Å². The SMILES string of the molecule is [2H]C([2H])([2H])C([2H])(C(=O)O)[Si](C)(C)C.[NaH]. The monoisotopic (exact) mass is 174 g/mol. The van der Waals surface area contributed by atoms with Crippen LogP contribution in [-0.4, -0.2) is 48.7 Å². The summed E-state index contributed by atoms with van der Waals surface area (Å²) in [7, 11) is -2.60. The molecule has 2 nitrogen and oxygen atoms in total. The molecule has 0 aliphatic heterocycles. The van der Waals surface area contributed by atoms with Crippen molar-refractivity contribution in [1.82, 2.24) is 0 Å². The molecule has 1 N–H and O–H groups in total. The summed E-state index contributed by atoms with van der Waals surface area (Å²) in [4.78, 5) is 10.8. The van der Waals surface area contributed by atoms with E-state index >= 15 is 0 Å². The molecule has 0 aromatic rings. The van der Waals surface area contributed by atoms with Crippen LogP contribution in [-0.2, 0) is 4.79 Å². The molecule has 0 aliphatic carbocycles. The van der Waals surface area contributed by atoms with Gasteiger partial charge >= 0.3 is 35.5 Å². The number of carbonyl (C=O) groups is 1. The van der Waals surface area contributed by atoms with E-state index in [1.165, 1.54) is 0 Å². The average Bonchev–Trinajstić information content (AvgIpc) is 1.80. The second kappa shape index (κ2) is 4.54. The van der Waals surface area contributed by atoms with Crippen LogP contribution in [0, 0.1) is 0 Å². The molecule has 0 aromatic heterocycles. The van der Waals surface area contributed by atoms with Crippen molar-refractivity contribution in [3.05, 3.63) is 0 Å². The first-order chi connectivity index (χ1) is 5.44. The molecule has 1 unspecified atom stereocenters. The average molecular weight is 174 g/mol. The van der Waals surface area contributed by atoms with E-state index in [1.807, 2.05) is 0 Å². The van der Waals surface area contributed by atoms with Crippen molar-refractivity contribution in [1.29, 1.82) is 0 Å². The topological polar surface area (TPSA) is 37.3 Å². The Morgan fingerprint density at radius 2 is 2.10 bits per heavy atom. The fraction of sp³-hybridized carbons (Fsp3) is 0.833. The van der Waals surface area contributed by atoms with E-state index in [0.29, 0.717) is 0 Å². The first-order valence-electron chi connectivity index (χ1n) is 4.68. The summed E-state index contributed by atoms with van der Waals surface area (Å²) in [5.41, 5.74) is -2.32. The summed E-state index contributed by atoms with van der Waals surface area (Å²) < 4.78 is 28.8. The van der Waals surface area contributed by atoms with E-state index in [4.69, 9.17) is 10.6 Å². The minimum absolute atomic E-state index is 0. The normalized spacial score (nSPS) is 23.9. The zero-order valence-electron chi connectivity index (χ0n) is 9.86. The summed E-state index contributed by atoms with van der Waals surface area (Å²) in [6.45, 7) is 1.95. The van der Waals surface area contributed by atoms with Gasteiger partial charge in [0.1, 0.15) is 0 Å². The maximum atomic E-state index is 10.8. The Morgan fingerprint density at radius 1 is 1.70 bits per heavy atom.